The Hall–Kier alpha value is -0.160. The van der Waals surface area contributed by atoms with Crippen molar-refractivity contribution in [3.8, 4) is 0 Å². The minimum absolute atomic E-state index is 0.275. The molecule has 1 saturated heterocycles. The van der Waals surface area contributed by atoms with Gasteiger partial charge in [0.1, 0.15) is 0 Å². The molecule has 0 aromatic carbocycles. The lowest BCUT2D eigenvalue weighted by molar-refractivity contribution is -0.0580. The second kappa shape index (κ2) is 6.69. The van der Waals surface area contributed by atoms with Crippen molar-refractivity contribution >= 4 is 0 Å². The van der Waals surface area contributed by atoms with Gasteiger partial charge in [-0.25, -0.2) is 0 Å². The summed E-state index contributed by atoms with van der Waals surface area (Å²) in [5.41, 5.74) is 3.03. The molecule has 2 rings (SSSR count). The van der Waals surface area contributed by atoms with E-state index in [-0.39, 0.29) is 6.10 Å². The van der Waals surface area contributed by atoms with E-state index in [2.05, 4.69) is 17.2 Å². The Morgan fingerprint density at radius 2 is 2.12 bits per heavy atom. The van der Waals surface area contributed by atoms with Gasteiger partial charge in [0.05, 0.1) is 18.8 Å². The summed E-state index contributed by atoms with van der Waals surface area (Å²) in [4.78, 5) is 2.46. The fourth-order valence-corrected chi connectivity index (χ4v) is 3.28. The number of hydrazine groups is 1. The van der Waals surface area contributed by atoms with Gasteiger partial charge in [-0.1, -0.05) is 26.2 Å². The molecule has 0 spiro atoms. The predicted octanol–water partition coefficient (Wildman–Crippen LogP) is 1.12. The van der Waals surface area contributed by atoms with Gasteiger partial charge in [0.15, 0.2) is 0 Å². The third-order valence-corrected chi connectivity index (χ3v) is 4.38. The van der Waals surface area contributed by atoms with Crippen LogP contribution >= 0.6 is 0 Å². The number of ether oxygens (including phenoxy) is 1. The molecular weight excluding hydrogens is 214 g/mol. The number of morpholine rings is 1. The van der Waals surface area contributed by atoms with E-state index in [0.29, 0.717) is 12.0 Å². The molecule has 1 aliphatic carbocycles. The van der Waals surface area contributed by atoms with Crippen molar-refractivity contribution in [1.29, 1.82) is 0 Å². The Kier molecular flexibility index (Phi) is 5.22. The van der Waals surface area contributed by atoms with Crippen molar-refractivity contribution in [1.82, 2.24) is 10.3 Å². The summed E-state index contributed by atoms with van der Waals surface area (Å²) in [6.45, 7) is 6.27. The van der Waals surface area contributed by atoms with Crippen LogP contribution in [0.25, 0.3) is 0 Å². The maximum absolute atomic E-state index is 5.93. The fourth-order valence-electron chi connectivity index (χ4n) is 3.28. The largest absolute Gasteiger partial charge is 0.374 e. The van der Waals surface area contributed by atoms with Crippen LogP contribution in [0.1, 0.15) is 39.0 Å². The van der Waals surface area contributed by atoms with E-state index in [0.717, 1.165) is 26.2 Å². The molecule has 3 N–H and O–H groups in total. The number of hydrogen-bond donors (Lipinski definition) is 2. The summed E-state index contributed by atoms with van der Waals surface area (Å²) in [7, 11) is 0. The fraction of sp³-hybridized carbons (Fsp3) is 1.00. The van der Waals surface area contributed by atoms with Crippen LogP contribution in [0.2, 0.25) is 0 Å². The number of hydrogen-bond acceptors (Lipinski definition) is 4. The van der Waals surface area contributed by atoms with Gasteiger partial charge in [-0.3, -0.25) is 16.2 Å². The number of nitrogens with zero attached hydrogens (tertiary/aromatic N) is 1. The highest BCUT2D eigenvalue weighted by Crippen LogP contribution is 2.29. The first-order chi connectivity index (χ1) is 8.35. The normalized spacial score (nSPS) is 30.4. The van der Waals surface area contributed by atoms with Crippen LogP contribution in [0.4, 0.5) is 0 Å². The van der Waals surface area contributed by atoms with Crippen LogP contribution < -0.4 is 11.3 Å². The Morgan fingerprint density at radius 3 is 2.76 bits per heavy atom. The minimum atomic E-state index is 0.275. The molecule has 2 unspecified atom stereocenters. The van der Waals surface area contributed by atoms with Gasteiger partial charge in [0, 0.05) is 13.1 Å². The number of nitrogens with one attached hydrogen (secondary N) is 1. The third kappa shape index (κ3) is 3.41. The van der Waals surface area contributed by atoms with Gasteiger partial charge in [-0.05, 0) is 25.3 Å². The van der Waals surface area contributed by atoms with Crippen LogP contribution in [-0.4, -0.2) is 43.3 Å². The average molecular weight is 241 g/mol. The van der Waals surface area contributed by atoms with Crippen molar-refractivity contribution in [3.63, 3.8) is 0 Å². The maximum atomic E-state index is 5.93. The molecule has 2 aliphatic rings. The molecule has 1 heterocycles. The summed E-state index contributed by atoms with van der Waals surface area (Å²) >= 11 is 0. The van der Waals surface area contributed by atoms with Gasteiger partial charge >= 0.3 is 0 Å². The monoisotopic (exact) mass is 241 g/mol. The SMILES string of the molecule is CCN1CCOC(C(NN)C2CCCCC2)C1. The van der Waals surface area contributed by atoms with E-state index >= 15 is 0 Å². The molecule has 0 aromatic rings. The molecule has 0 radical (unpaired) electrons. The van der Waals surface area contributed by atoms with Crippen molar-refractivity contribution in [2.75, 3.05) is 26.2 Å². The first kappa shape index (κ1) is 13.3. The highest BCUT2D eigenvalue weighted by Gasteiger charge is 2.33. The summed E-state index contributed by atoms with van der Waals surface area (Å²) in [6.07, 6.45) is 6.99. The molecule has 0 aromatic heterocycles. The van der Waals surface area contributed by atoms with Crippen molar-refractivity contribution in [2.45, 2.75) is 51.2 Å². The van der Waals surface area contributed by atoms with E-state index in [9.17, 15) is 0 Å². The first-order valence-electron chi connectivity index (χ1n) is 7.15. The summed E-state index contributed by atoms with van der Waals surface area (Å²) in [6, 6.07) is 0.338. The van der Waals surface area contributed by atoms with Crippen molar-refractivity contribution in [3.05, 3.63) is 0 Å². The quantitative estimate of drug-likeness (QED) is 0.572. The molecule has 2 fully saturated rings. The standard InChI is InChI=1S/C13H27N3O/c1-2-16-8-9-17-12(10-16)13(15-14)11-6-4-3-5-7-11/h11-13,15H,2-10,14H2,1H3. The van der Waals surface area contributed by atoms with Crippen LogP contribution in [0.15, 0.2) is 0 Å². The molecule has 1 saturated carbocycles. The average Bonchev–Trinajstić information content (AvgIpc) is 2.41. The van der Waals surface area contributed by atoms with Crippen LogP contribution in [0.5, 0.6) is 0 Å². The summed E-state index contributed by atoms with van der Waals surface area (Å²) < 4.78 is 5.93. The lowest BCUT2D eigenvalue weighted by atomic mass is 9.81. The van der Waals surface area contributed by atoms with Gasteiger partial charge in [-0.2, -0.15) is 0 Å². The van der Waals surface area contributed by atoms with E-state index in [1.165, 1.54) is 32.1 Å². The number of rotatable bonds is 4. The molecule has 1 aliphatic heterocycles. The van der Waals surface area contributed by atoms with E-state index in [4.69, 9.17) is 10.6 Å². The number of likely N-dealkylation sites (N-methyl/N-ethyl adjacent to an activating group) is 1. The summed E-state index contributed by atoms with van der Waals surface area (Å²) in [5.74, 6) is 6.48. The van der Waals surface area contributed by atoms with Gasteiger partial charge in [0.25, 0.3) is 0 Å². The second-order valence-corrected chi connectivity index (χ2v) is 5.39. The molecular formula is C13H27N3O. The smallest absolute Gasteiger partial charge is 0.0871 e. The Labute approximate surface area is 105 Å². The minimum Gasteiger partial charge on any atom is -0.374 e. The zero-order valence-electron chi connectivity index (χ0n) is 11.0. The van der Waals surface area contributed by atoms with Gasteiger partial charge < -0.3 is 4.74 Å². The molecule has 0 bridgehead atoms. The van der Waals surface area contributed by atoms with E-state index < -0.39 is 0 Å². The van der Waals surface area contributed by atoms with Gasteiger partial charge in [0.2, 0.25) is 0 Å². The number of nitrogens with two attached hydrogens (primary N) is 1. The zero-order chi connectivity index (χ0) is 12.1. The zero-order valence-corrected chi connectivity index (χ0v) is 11.0. The molecule has 2 atom stereocenters. The lowest BCUT2D eigenvalue weighted by Crippen LogP contribution is -2.57. The Bertz CT molecular complexity index is 219. The van der Waals surface area contributed by atoms with Gasteiger partial charge in [-0.15, -0.1) is 0 Å². The highest BCUT2D eigenvalue weighted by molar-refractivity contribution is 4.87. The highest BCUT2D eigenvalue weighted by atomic mass is 16.5. The molecule has 0 amide bonds. The van der Waals surface area contributed by atoms with Crippen molar-refractivity contribution in [2.24, 2.45) is 11.8 Å². The third-order valence-electron chi connectivity index (χ3n) is 4.38. The first-order valence-corrected chi connectivity index (χ1v) is 7.15. The predicted molar refractivity (Wildman–Crippen MR) is 69.5 cm³/mol. The molecule has 100 valence electrons. The Morgan fingerprint density at radius 1 is 1.35 bits per heavy atom. The topological polar surface area (TPSA) is 50.5 Å². The van der Waals surface area contributed by atoms with Crippen molar-refractivity contribution < 1.29 is 4.74 Å². The molecule has 4 heteroatoms. The maximum Gasteiger partial charge on any atom is 0.0871 e. The molecule has 4 nitrogen and oxygen atoms in total. The Balaban J connectivity index is 1.91. The van der Waals surface area contributed by atoms with Crippen LogP contribution in [-0.2, 0) is 4.74 Å². The molecule has 17 heavy (non-hydrogen) atoms. The van der Waals surface area contributed by atoms with E-state index in [1.807, 2.05) is 0 Å². The van der Waals surface area contributed by atoms with Crippen LogP contribution in [0, 0.1) is 5.92 Å². The summed E-state index contributed by atoms with van der Waals surface area (Å²) in [5, 5.41) is 0. The van der Waals surface area contributed by atoms with E-state index in [1.54, 1.807) is 0 Å². The van der Waals surface area contributed by atoms with Crippen LogP contribution in [0.3, 0.4) is 0 Å². The lowest BCUT2D eigenvalue weighted by Gasteiger charge is -2.40. The second-order valence-electron chi connectivity index (χ2n) is 5.39.